The Bertz CT molecular complexity index is 770. The molecule has 0 saturated carbocycles. The number of para-hydroxylation sites is 1. The molecule has 0 saturated heterocycles. The lowest BCUT2D eigenvalue weighted by Crippen LogP contribution is -2.17. The van der Waals surface area contributed by atoms with Gasteiger partial charge in [-0.05, 0) is 36.5 Å². The largest absolute Gasteiger partial charge is 0.325 e. The first-order valence-corrected chi connectivity index (χ1v) is 9.77. The Balaban J connectivity index is 2.01. The average Bonchev–Trinajstić information content (AvgIpc) is 2.66. The van der Waals surface area contributed by atoms with E-state index in [-0.39, 0.29) is 16.8 Å². The van der Waals surface area contributed by atoms with Gasteiger partial charge in [-0.3, -0.25) is 14.9 Å². The molecule has 2 aromatic carbocycles. The normalized spacial score (nSPS) is 11.8. The van der Waals surface area contributed by atoms with Crippen molar-refractivity contribution in [2.24, 2.45) is 0 Å². The molecule has 1 amide bonds. The van der Waals surface area contributed by atoms with Crippen molar-refractivity contribution in [1.82, 2.24) is 0 Å². The molecule has 26 heavy (non-hydrogen) atoms. The van der Waals surface area contributed by atoms with Crippen LogP contribution >= 0.6 is 11.8 Å². The molecule has 1 atom stereocenters. The van der Waals surface area contributed by atoms with Crippen molar-refractivity contribution in [2.75, 3.05) is 11.1 Å². The number of benzene rings is 2. The van der Waals surface area contributed by atoms with Crippen LogP contribution in [0.15, 0.2) is 42.5 Å². The van der Waals surface area contributed by atoms with Crippen LogP contribution in [0, 0.1) is 10.1 Å². The summed E-state index contributed by atoms with van der Waals surface area (Å²) in [6.07, 6.45) is 1.72. The van der Waals surface area contributed by atoms with E-state index in [2.05, 4.69) is 19.2 Å². The lowest BCUT2D eigenvalue weighted by molar-refractivity contribution is -0.384. The van der Waals surface area contributed by atoms with Crippen LogP contribution < -0.4 is 5.32 Å². The third-order valence-corrected chi connectivity index (χ3v) is 5.48. The van der Waals surface area contributed by atoms with Crippen LogP contribution in [0.4, 0.5) is 11.4 Å². The number of anilines is 1. The van der Waals surface area contributed by atoms with E-state index in [1.54, 1.807) is 12.1 Å². The number of carbonyl (C=O) groups excluding carboxylic acids is 1. The van der Waals surface area contributed by atoms with Crippen LogP contribution in [0.3, 0.4) is 0 Å². The van der Waals surface area contributed by atoms with E-state index in [1.807, 2.05) is 31.2 Å². The molecular weight excluding hydrogens is 348 g/mol. The Morgan fingerprint density at radius 2 is 1.77 bits per heavy atom. The first-order valence-electron chi connectivity index (χ1n) is 8.72. The highest BCUT2D eigenvalue weighted by Crippen LogP contribution is 2.30. The predicted octanol–water partition coefficient (Wildman–Crippen LogP) is 5.15. The van der Waals surface area contributed by atoms with Crippen LogP contribution in [0.1, 0.15) is 42.7 Å². The number of nitro benzene ring substituents is 1. The minimum absolute atomic E-state index is 0.00675. The standard InChI is InChI=1S/C20H24N2O3S/c1-4-15-8-6-9-16(5-2)20(15)21-19(23)13-26-14(3)17-10-7-11-18(12-17)22(24)25/h6-12,14H,4-5,13H2,1-3H3,(H,21,23)/t14-/m1/s1. The van der Waals surface area contributed by atoms with Crippen LogP contribution in [0.25, 0.3) is 0 Å². The number of rotatable bonds is 8. The SMILES string of the molecule is CCc1cccc(CC)c1NC(=O)CS[C@H](C)c1cccc([N+](=O)[O-])c1. The summed E-state index contributed by atoms with van der Waals surface area (Å²) < 4.78 is 0. The van der Waals surface area contributed by atoms with Gasteiger partial charge in [0, 0.05) is 23.1 Å². The molecule has 0 spiro atoms. The maximum atomic E-state index is 12.4. The van der Waals surface area contributed by atoms with Crippen LogP contribution in [0.5, 0.6) is 0 Å². The molecule has 0 aliphatic carbocycles. The van der Waals surface area contributed by atoms with E-state index >= 15 is 0 Å². The van der Waals surface area contributed by atoms with Crippen molar-refractivity contribution >= 4 is 29.0 Å². The summed E-state index contributed by atoms with van der Waals surface area (Å²) in [4.78, 5) is 22.9. The van der Waals surface area contributed by atoms with Crippen molar-refractivity contribution in [3.63, 3.8) is 0 Å². The van der Waals surface area contributed by atoms with Crippen molar-refractivity contribution in [1.29, 1.82) is 0 Å². The number of nitrogens with zero attached hydrogens (tertiary/aromatic N) is 1. The number of amides is 1. The average molecular weight is 372 g/mol. The monoisotopic (exact) mass is 372 g/mol. The predicted molar refractivity (Wildman–Crippen MR) is 108 cm³/mol. The van der Waals surface area contributed by atoms with Crippen molar-refractivity contribution in [3.8, 4) is 0 Å². The molecule has 6 heteroatoms. The number of thioether (sulfide) groups is 1. The topological polar surface area (TPSA) is 72.2 Å². The van der Waals surface area contributed by atoms with Gasteiger partial charge in [0.05, 0.1) is 10.7 Å². The molecule has 0 radical (unpaired) electrons. The van der Waals surface area contributed by atoms with Gasteiger partial charge in [-0.1, -0.05) is 44.2 Å². The van der Waals surface area contributed by atoms with Crippen LogP contribution in [0.2, 0.25) is 0 Å². The highest BCUT2D eigenvalue weighted by atomic mass is 32.2. The quantitative estimate of drug-likeness (QED) is 0.513. The van der Waals surface area contributed by atoms with Crippen molar-refractivity contribution < 1.29 is 9.72 Å². The van der Waals surface area contributed by atoms with Gasteiger partial charge in [-0.25, -0.2) is 0 Å². The lowest BCUT2D eigenvalue weighted by Gasteiger charge is -2.15. The van der Waals surface area contributed by atoms with Crippen molar-refractivity contribution in [3.05, 3.63) is 69.3 Å². The Morgan fingerprint density at radius 3 is 2.35 bits per heavy atom. The van der Waals surface area contributed by atoms with Gasteiger partial charge in [-0.2, -0.15) is 0 Å². The number of nitro groups is 1. The molecule has 2 rings (SSSR count). The number of aryl methyl sites for hydroxylation is 2. The molecule has 0 aliphatic rings. The van der Waals surface area contributed by atoms with E-state index in [4.69, 9.17) is 0 Å². The molecule has 0 aliphatic heterocycles. The lowest BCUT2D eigenvalue weighted by atomic mass is 10.0. The summed E-state index contributed by atoms with van der Waals surface area (Å²) >= 11 is 1.47. The van der Waals surface area contributed by atoms with Crippen LogP contribution in [-0.4, -0.2) is 16.6 Å². The van der Waals surface area contributed by atoms with E-state index < -0.39 is 4.92 Å². The Hall–Kier alpha value is -2.34. The van der Waals surface area contributed by atoms with Gasteiger partial charge < -0.3 is 5.32 Å². The molecule has 0 bridgehead atoms. The van der Waals surface area contributed by atoms with Gasteiger partial charge >= 0.3 is 0 Å². The number of hydrogen-bond donors (Lipinski definition) is 1. The second kappa shape index (κ2) is 9.38. The second-order valence-corrected chi connectivity index (χ2v) is 7.34. The molecule has 138 valence electrons. The fourth-order valence-electron chi connectivity index (χ4n) is 2.77. The fourth-order valence-corrected chi connectivity index (χ4v) is 3.58. The van der Waals surface area contributed by atoms with Gasteiger partial charge in [0.15, 0.2) is 0 Å². The van der Waals surface area contributed by atoms with E-state index in [1.165, 1.54) is 17.8 Å². The van der Waals surface area contributed by atoms with Gasteiger partial charge in [0.1, 0.15) is 0 Å². The number of nitrogens with one attached hydrogen (secondary N) is 1. The molecule has 0 aromatic heterocycles. The summed E-state index contributed by atoms with van der Waals surface area (Å²) in [5.74, 6) is 0.244. The molecule has 0 heterocycles. The second-order valence-electron chi connectivity index (χ2n) is 6.01. The minimum Gasteiger partial charge on any atom is -0.325 e. The zero-order chi connectivity index (χ0) is 19.1. The first-order chi connectivity index (χ1) is 12.5. The highest BCUT2D eigenvalue weighted by Gasteiger charge is 2.14. The smallest absolute Gasteiger partial charge is 0.269 e. The third-order valence-electron chi connectivity index (χ3n) is 4.28. The summed E-state index contributed by atoms with van der Waals surface area (Å²) in [6, 6.07) is 12.7. The fraction of sp³-hybridized carbons (Fsp3) is 0.350. The third kappa shape index (κ3) is 5.08. The highest BCUT2D eigenvalue weighted by molar-refractivity contribution is 8.00. The number of non-ortho nitro benzene ring substituents is 1. The van der Waals surface area contributed by atoms with Gasteiger partial charge in [0.2, 0.25) is 5.91 Å². The maximum Gasteiger partial charge on any atom is 0.269 e. The Kier molecular flexibility index (Phi) is 7.21. The Morgan fingerprint density at radius 1 is 1.15 bits per heavy atom. The van der Waals surface area contributed by atoms with E-state index in [0.717, 1.165) is 35.2 Å². The van der Waals surface area contributed by atoms with Crippen molar-refractivity contribution in [2.45, 2.75) is 38.9 Å². The molecule has 5 nitrogen and oxygen atoms in total. The van der Waals surface area contributed by atoms with Crippen LogP contribution in [-0.2, 0) is 17.6 Å². The molecule has 0 unspecified atom stereocenters. The molecule has 0 fully saturated rings. The number of hydrogen-bond acceptors (Lipinski definition) is 4. The summed E-state index contributed by atoms with van der Waals surface area (Å²) in [6.45, 7) is 6.10. The molecule has 2 aromatic rings. The first kappa shape index (κ1) is 20.0. The zero-order valence-corrected chi connectivity index (χ0v) is 16.1. The van der Waals surface area contributed by atoms with Gasteiger partial charge in [0.25, 0.3) is 5.69 Å². The zero-order valence-electron chi connectivity index (χ0n) is 15.3. The van der Waals surface area contributed by atoms with E-state index in [9.17, 15) is 14.9 Å². The molecule has 1 N–H and O–H groups in total. The number of carbonyl (C=O) groups is 1. The molecular formula is C20H24N2O3S. The summed E-state index contributed by atoms with van der Waals surface area (Å²) in [7, 11) is 0. The van der Waals surface area contributed by atoms with Gasteiger partial charge in [-0.15, -0.1) is 11.8 Å². The van der Waals surface area contributed by atoms with E-state index in [0.29, 0.717) is 5.75 Å². The summed E-state index contributed by atoms with van der Waals surface area (Å²) in [5, 5.41) is 13.9. The minimum atomic E-state index is -0.401. The maximum absolute atomic E-state index is 12.4. The summed E-state index contributed by atoms with van der Waals surface area (Å²) in [5.41, 5.74) is 4.11. The Labute approximate surface area is 158 Å².